The SMILES string of the molecule is NC1CCCC1OCCc1ccc([N+](=O)[O-])cc1. The van der Waals surface area contributed by atoms with Crippen molar-refractivity contribution in [3.05, 3.63) is 39.9 Å². The maximum atomic E-state index is 10.5. The van der Waals surface area contributed by atoms with Crippen LogP contribution in [0.2, 0.25) is 0 Å². The number of nitro groups is 1. The van der Waals surface area contributed by atoms with Crippen molar-refractivity contribution < 1.29 is 9.66 Å². The molecule has 0 radical (unpaired) electrons. The second kappa shape index (κ2) is 5.93. The summed E-state index contributed by atoms with van der Waals surface area (Å²) >= 11 is 0. The summed E-state index contributed by atoms with van der Waals surface area (Å²) in [4.78, 5) is 10.1. The van der Waals surface area contributed by atoms with Crippen LogP contribution in [-0.2, 0) is 11.2 Å². The quantitative estimate of drug-likeness (QED) is 0.640. The van der Waals surface area contributed by atoms with E-state index >= 15 is 0 Å². The Balaban J connectivity index is 1.78. The van der Waals surface area contributed by atoms with Crippen molar-refractivity contribution in [1.29, 1.82) is 0 Å². The number of nitro benzene ring substituents is 1. The zero-order valence-corrected chi connectivity index (χ0v) is 10.2. The topological polar surface area (TPSA) is 78.4 Å². The van der Waals surface area contributed by atoms with E-state index in [1.807, 2.05) is 0 Å². The standard InChI is InChI=1S/C13H18N2O3/c14-12-2-1-3-13(12)18-9-8-10-4-6-11(7-5-10)15(16)17/h4-7,12-13H,1-3,8-9,14H2. The van der Waals surface area contributed by atoms with Gasteiger partial charge in [0.2, 0.25) is 0 Å². The van der Waals surface area contributed by atoms with Crippen LogP contribution in [0.15, 0.2) is 24.3 Å². The number of rotatable bonds is 5. The monoisotopic (exact) mass is 250 g/mol. The van der Waals surface area contributed by atoms with Crippen LogP contribution in [0, 0.1) is 10.1 Å². The van der Waals surface area contributed by atoms with Crippen LogP contribution in [-0.4, -0.2) is 23.7 Å². The van der Waals surface area contributed by atoms with Gasteiger partial charge in [-0.25, -0.2) is 0 Å². The molecule has 0 bridgehead atoms. The summed E-state index contributed by atoms with van der Waals surface area (Å²) < 4.78 is 5.74. The van der Waals surface area contributed by atoms with E-state index < -0.39 is 4.92 Å². The second-order valence-electron chi connectivity index (χ2n) is 4.68. The van der Waals surface area contributed by atoms with Gasteiger partial charge in [-0.2, -0.15) is 0 Å². The van der Waals surface area contributed by atoms with Crippen molar-refractivity contribution in [2.75, 3.05) is 6.61 Å². The average Bonchev–Trinajstić information content (AvgIpc) is 2.76. The van der Waals surface area contributed by atoms with E-state index in [9.17, 15) is 10.1 Å². The number of benzene rings is 1. The first kappa shape index (κ1) is 13.0. The van der Waals surface area contributed by atoms with Crippen molar-refractivity contribution in [1.82, 2.24) is 0 Å². The van der Waals surface area contributed by atoms with Crippen molar-refractivity contribution in [3.63, 3.8) is 0 Å². The van der Waals surface area contributed by atoms with Crippen LogP contribution < -0.4 is 5.73 Å². The first-order valence-electron chi connectivity index (χ1n) is 6.27. The van der Waals surface area contributed by atoms with Crippen molar-refractivity contribution in [2.24, 2.45) is 5.73 Å². The Morgan fingerprint density at radius 1 is 1.33 bits per heavy atom. The third kappa shape index (κ3) is 3.27. The summed E-state index contributed by atoms with van der Waals surface area (Å²) in [7, 11) is 0. The molecular weight excluding hydrogens is 232 g/mol. The third-order valence-electron chi connectivity index (χ3n) is 3.37. The minimum atomic E-state index is -0.391. The van der Waals surface area contributed by atoms with Gasteiger partial charge in [0.15, 0.2) is 0 Å². The fraction of sp³-hybridized carbons (Fsp3) is 0.538. The molecular formula is C13H18N2O3. The Morgan fingerprint density at radius 2 is 2.06 bits per heavy atom. The molecule has 1 fully saturated rings. The van der Waals surface area contributed by atoms with Gasteiger partial charge in [0.1, 0.15) is 0 Å². The fourth-order valence-corrected chi connectivity index (χ4v) is 2.27. The number of nitrogens with zero attached hydrogens (tertiary/aromatic N) is 1. The van der Waals surface area contributed by atoms with Crippen LogP contribution in [0.25, 0.3) is 0 Å². The lowest BCUT2D eigenvalue weighted by Crippen LogP contribution is -2.31. The Bertz CT molecular complexity index is 405. The summed E-state index contributed by atoms with van der Waals surface area (Å²) in [6.45, 7) is 0.621. The summed E-state index contributed by atoms with van der Waals surface area (Å²) in [5.74, 6) is 0. The zero-order chi connectivity index (χ0) is 13.0. The van der Waals surface area contributed by atoms with Gasteiger partial charge in [-0.3, -0.25) is 10.1 Å². The Hall–Kier alpha value is -1.46. The molecule has 18 heavy (non-hydrogen) atoms. The average molecular weight is 250 g/mol. The predicted octanol–water partition coefficient (Wildman–Crippen LogP) is 2.03. The number of ether oxygens (including phenoxy) is 1. The minimum absolute atomic E-state index is 0.123. The minimum Gasteiger partial charge on any atom is -0.376 e. The first-order valence-corrected chi connectivity index (χ1v) is 6.27. The van der Waals surface area contributed by atoms with E-state index in [0.717, 1.165) is 31.2 Å². The maximum absolute atomic E-state index is 10.5. The highest BCUT2D eigenvalue weighted by atomic mass is 16.6. The highest BCUT2D eigenvalue weighted by Crippen LogP contribution is 2.20. The molecule has 98 valence electrons. The van der Waals surface area contributed by atoms with Crippen molar-refractivity contribution >= 4 is 5.69 Å². The van der Waals surface area contributed by atoms with Gasteiger partial charge >= 0.3 is 0 Å². The van der Waals surface area contributed by atoms with Gasteiger partial charge < -0.3 is 10.5 Å². The van der Waals surface area contributed by atoms with E-state index in [2.05, 4.69) is 0 Å². The number of nitrogens with two attached hydrogens (primary N) is 1. The lowest BCUT2D eigenvalue weighted by molar-refractivity contribution is -0.384. The highest BCUT2D eigenvalue weighted by molar-refractivity contribution is 5.32. The molecule has 1 aliphatic rings. The molecule has 1 aromatic rings. The van der Waals surface area contributed by atoms with Crippen LogP contribution in [0.5, 0.6) is 0 Å². The molecule has 2 unspecified atom stereocenters. The highest BCUT2D eigenvalue weighted by Gasteiger charge is 2.24. The fourth-order valence-electron chi connectivity index (χ4n) is 2.27. The van der Waals surface area contributed by atoms with Crippen LogP contribution in [0.1, 0.15) is 24.8 Å². The molecule has 1 aromatic carbocycles. The molecule has 0 spiro atoms. The van der Waals surface area contributed by atoms with Gasteiger partial charge in [0.05, 0.1) is 17.6 Å². The second-order valence-corrected chi connectivity index (χ2v) is 4.68. The lowest BCUT2D eigenvalue weighted by atomic mass is 10.1. The van der Waals surface area contributed by atoms with E-state index in [-0.39, 0.29) is 17.8 Å². The molecule has 2 atom stereocenters. The molecule has 2 rings (SSSR count). The molecule has 0 aliphatic heterocycles. The van der Waals surface area contributed by atoms with E-state index in [0.29, 0.717) is 6.61 Å². The maximum Gasteiger partial charge on any atom is 0.269 e. The summed E-state index contributed by atoms with van der Waals surface area (Å²) in [6, 6.07) is 6.77. The van der Waals surface area contributed by atoms with Crippen molar-refractivity contribution in [3.8, 4) is 0 Å². The molecule has 0 heterocycles. The smallest absolute Gasteiger partial charge is 0.269 e. The molecule has 5 nitrogen and oxygen atoms in total. The summed E-state index contributed by atoms with van der Waals surface area (Å²) in [6.07, 6.45) is 4.18. The van der Waals surface area contributed by atoms with Crippen LogP contribution in [0.4, 0.5) is 5.69 Å². The van der Waals surface area contributed by atoms with E-state index in [1.54, 1.807) is 12.1 Å². The van der Waals surface area contributed by atoms with Gasteiger partial charge in [-0.1, -0.05) is 12.1 Å². The number of hydrogen-bond acceptors (Lipinski definition) is 4. The molecule has 0 aromatic heterocycles. The molecule has 2 N–H and O–H groups in total. The molecule has 1 aliphatic carbocycles. The van der Waals surface area contributed by atoms with Gasteiger partial charge in [-0.15, -0.1) is 0 Å². The van der Waals surface area contributed by atoms with Crippen molar-refractivity contribution in [2.45, 2.75) is 37.8 Å². The Kier molecular flexibility index (Phi) is 4.28. The Morgan fingerprint density at radius 3 is 2.61 bits per heavy atom. The van der Waals surface area contributed by atoms with Gasteiger partial charge in [-0.05, 0) is 31.2 Å². The molecule has 1 saturated carbocycles. The zero-order valence-electron chi connectivity index (χ0n) is 10.2. The number of hydrogen-bond donors (Lipinski definition) is 1. The van der Waals surface area contributed by atoms with Gasteiger partial charge in [0.25, 0.3) is 5.69 Å². The van der Waals surface area contributed by atoms with Gasteiger partial charge in [0, 0.05) is 18.2 Å². The summed E-state index contributed by atoms with van der Waals surface area (Å²) in [5.41, 5.74) is 7.08. The normalized spacial score (nSPS) is 23.2. The molecule has 0 amide bonds. The lowest BCUT2D eigenvalue weighted by Gasteiger charge is -2.16. The van der Waals surface area contributed by atoms with E-state index in [1.165, 1.54) is 12.1 Å². The van der Waals surface area contributed by atoms with E-state index in [4.69, 9.17) is 10.5 Å². The molecule has 0 saturated heterocycles. The Labute approximate surface area is 106 Å². The first-order chi connectivity index (χ1) is 8.66. The predicted molar refractivity (Wildman–Crippen MR) is 68.4 cm³/mol. The summed E-state index contributed by atoms with van der Waals surface area (Å²) in [5, 5.41) is 10.5. The third-order valence-corrected chi connectivity index (χ3v) is 3.37. The van der Waals surface area contributed by atoms with Crippen LogP contribution >= 0.6 is 0 Å². The van der Waals surface area contributed by atoms with Crippen LogP contribution in [0.3, 0.4) is 0 Å². The molecule has 5 heteroatoms. The largest absolute Gasteiger partial charge is 0.376 e. The number of non-ortho nitro benzene ring substituents is 1.